The lowest BCUT2D eigenvalue weighted by atomic mass is 10.2. The molecule has 0 atom stereocenters. The second-order valence-electron chi connectivity index (χ2n) is 4.60. The van der Waals surface area contributed by atoms with Crippen molar-refractivity contribution in [3.05, 3.63) is 29.8 Å². The van der Waals surface area contributed by atoms with Crippen molar-refractivity contribution >= 4 is 40.8 Å². The molecule has 0 fully saturated rings. The third kappa shape index (κ3) is 6.68. The highest BCUT2D eigenvalue weighted by atomic mass is 32.2. The molecule has 0 unspecified atom stereocenters. The van der Waals surface area contributed by atoms with Crippen molar-refractivity contribution in [2.24, 2.45) is 0 Å². The average molecular weight is 386 g/mol. The summed E-state index contributed by atoms with van der Waals surface area (Å²) in [5.41, 5.74) is 1.20. The number of amides is 1. The lowest BCUT2D eigenvalue weighted by molar-refractivity contribution is -0.118. The van der Waals surface area contributed by atoms with E-state index in [0.29, 0.717) is 18.9 Å². The maximum absolute atomic E-state index is 11.6. The highest BCUT2D eigenvalue weighted by molar-refractivity contribution is 8.03. The first-order chi connectivity index (χ1) is 11.7. The fraction of sp³-hybridized carbons (Fsp3) is 0.400. The van der Waals surface area contributed by atoms with Crippen LogP contribution in [0.4, 0.5) is 0 Å². The predicted molar refractivity (Wildman–Crippen MR) is 98.1 cm³/mol. The van der Waals surface area contributed by atoms with Crippen LogP contribution in [0.3, 0.4) is 0 Å². The van der Waals surface area contributed by atoms with Crippen molar-refractivity contribution in [3.63, 3.8) is 0 Å². The molecule has 0 spiro atoms. The monoisotopic (exact) mass is 385 g/mol. The van der Waals surface area contributed by atoms with E-state index in [2.05, 4.69) is 15.5 Å². The van der Waals surface area contributed by atoms with E-state index in [9.17, 15) is 4.79 Å². The van der Waals surface area contributed by atoms with Crippen LogP contribution in [0.1, 0.15) is 5.56 Å². The van der Waals surface area contributed by atoms with Gasteiger partial charge in [-0.2, -0.15) is 0 Å². The van der Waals surface area contributed by atoms with Crippen LogP contribution in [-0.2, 0) is 15.3 Å². The van der Waals surface area contributed by atoms with E-state index in [1.165, 1.54) is 28.7 Å². The Hall–Kier alpha value is -1.29. The van der Waals surface area contributed by atoms with E-state index in [-0.39, 0.29) is 5.91 Å². The van der Waals surface area contributed by atoms with Crippen molar-refractivity contribution in [1.29, 1.82) is 0 Å². The van der Waals surface area contributed by atoms with Crippen molar-refractivity contribution in [2.75, 3.05) is 33.1 Å². The van der Waals surface area contributed by atoms with Crippen LogP contribution in [0.5, 0.6) is 5.75 Å². The number of thioether (sulfide) groups is 2. The Labute approximate surface area is 153 Å². The normalized spacial score (nSPS) is 10.6. The van der Waals surface area contributed by atoms with Gasteiger partial charge >= 0.3 is 0 Å². The summed E-state index contributed by atoms with van der Waals surface area (Å²) < 4.78 is 11.7. The molecule has 0 aliphatic rings. The topological polar surface area (TPSA) is 73.3 Å². The standard InChI is InChI=1S/C15H19N3O3S3/c1-20-8-7-16-13(19)10-23-15-18-17-14(24-15)22-9-11-3-5-12(21-2)6-4-11/h3-6H,7-10H2,1-2H3,(H,16,19). The molecule has 130 valence electrons. The molecule has 1 aromatic heterocycles. The summed E-state index contributed by atoms with van der Waals surface area (Å²) in [6.45, 7) is 1.04. The van der Waals surface area contributed by atoms with Gasteiger partial charge in [-0.25, -0.2) is 0 Å². The lowest BCUT2D eigenvalue weighted by Gasteiger charge is -2.02. The molecular weight excluding hydrogens is 366 g/mol. The minimum absolute atomic E-state index is 0.0281. The van der Waals surface area contributed by atoms with Gasteiger partial charge in [0.25, 0.3) is 0 Å². The van der Waals surface area contributed by atoms with Crippen LogP contribution in [0.15, 0.2) is 32.9 Å². The third-order valence-electron chi connectivity index (χ3n) is 2.86. The number of nitrogens with one attached hydrogen (secondary N) is 1. The Balaban J connectivity index is 1.73. The second-order valence-corrected chi connectivity index (χ2v) is 8.02. The molecule has 2 rings (SSSR count). The molecule has 2 aromatic rings. The zero-order valence-corrected chi connectivity index (χ0v) is 15.9. The van der Waals surface area contributed by atoms with Gasteiger partial charge in [-0.3, -0.25) is 4.79 Å². The Kier molecular flexibility index (Phi) is 8.37. The molecule has 1 amide bonds. The van der Waals surface area contributed by atoms with Crippen molar-refractivity contribution < 1.29 is 14.3 Å². The second kappa shape index (κ2) is 10.5. The Morgan fingerprint density at radius 2 is 1.88 bits per heavy atom. The molecule has 0 saturated carbocycles. The van der Waals surface area contributed by atoms with E-state index in [1.807, 2.05) is 24.3 Å². The number of nitrogens with zero attached hydrogens (tertiary/aromatic N) is 2. The fourth-order valence-corrected chi connectivity index (χ4v) is 4.46. The summed E-state index contributed by atoms with van der Waals surface area (Å²) in [5, 5.41) is 11.0. The van der Waals surface area contributed by atoms with Gasteiger partial charge in [-0.15, -0.1) is 10.2 Å². The van der Waals surface area contributed by atoms with Crippen LogP contribution in [0, 0.1) is 0 Å². The molecule has 0 aliphatic heterocycles. The molecule has 1 N–H and O–H groups in total. The van der Waals surface area contributed by atoms with Crippen LogP contribution in [0.25, 0.3) is 0 Å². The number of ether oxygens (including phenoxy) is 2. The SMILES string of the molecule is COCCNC(=O)CSc1nnc(SCc2ccc(OC)cc2)s1. The Morgan fingerprint density at radius 3 is 2.54 bits per heavy atom. The predicted octanol–water partition coefficient (Wildman–Crippen LogP) is 2.69. The maximum atomic E-state index is 11.6. The van der Waals surface area contributed by atoms with Gasteiger partial charge in [-0.1, -0.05) is 47.0 Å². The van der Waals surface area contributed by atoms with E-state index in [1.54, 1.807) is 26.0 Å². The Morgan fingerprint density at radius 1 is 1.17 bits per heavy atom. The first-order valence-corrected chi connectivity index (χ1v) is 9.97. The van der Waals surface area contributed by atoms with Gasteiger partial charge in [0.1, 0.15) is 5.75 Å². The molecular formula is C15H19N3O3S3. The quantitative estimate of drug-likeness (QED) is 0.498. The summed E-state index contributed by atoms with van der Waals surface area (Å²) in [4.78, 5) is 11.6. The van der Waals surface area contributed by atoms with Gasteiger partial charge < -0.3 is 14.8 Å². The maximum Gasteiger partial charge on any atom is 0.230 e. The molecule has 0 aliphatic carbocycles. The van der Waals surface area contributed by atoms with Gasteiger partial charge in [0.15, 0.2) is 8.68 Å². The van der Waals surface area contributed by atoms with Gasteiger partial charge in [-0.05, 0) is 17.7 Å². The van der Waals surface area contributed by atoms with E-state index < -0.39 is 0 Å². The lowest BCUT2D eigenvalue weighted by Crippen LogP contribution is -2.28. The van der Waals surface area contributed by atoms with E-state index >= 15 is 0 Å². The first-order valence-electron chi connectivity index (χ1n) is 7.19. The van der Waals surface area contributed by atoms with Crippen LogP contribution in [-0.4, -0.2) is 49.2 Å². The van der Waals surface area contributed by atoms with Gasteiger partial charge in [0, 0.05) is 19.4 Å². The van der Waals surface area contributed by atoms with Gasteiger partial charge in [0.2, 0.25) is 5.91 Å². The number of carbonyl (C=O) groups excluding carboxylic acids is 1. The zero-order chi connectivity index (χ0) is 17.2. The summed E-state index contributed by atoms with van der Waals surface area (Å²) in [6.07, 6.45) is 0. The molecule has 0 bridgehead atoms. The van der Waals surface area contributed by atoms with Gasteiger partial charge in [0.05, 0.1) is 19.5 Å². The largest absolute Gasteiger partial charge is 0.497 e. The minimum atomic E-state index is -0.0281. The van der Waals surface area contributed by atoms with Crippen LogP contribution in [0.2, 0.25) is 0 Å². The molecule has 1 heterocycles. The number of carbonyl (C=O) groups is 1. The minimum Gasteiger partial charge on any atom is -0.497 e. The van der Waals surface area contributed by atoms with E-state index in [0.717, 1.165) is 20.2 Å². The summed E-state index contributed by atoms with van der Waals surface area (Å²) >= 11 is 4.53. The van der Waals surface area contributed by atoms with Crippen LogP contribution >= 0.6 is 34.9 Å². The molecule has 6 nitrogen and oxygen atoms in total. The number of hydrogen-bond acceptors (Lipinski definition) is 8. The molecule has 0 saturated heterocycles. The molecule has 0 radical (unpaired) electrons. The van der Waals surface area contributed by atoms with Crippen molar-refractivity contribution in [2.45, 2.75) is 14.4 Å². The summed E-state index contributed by atoms with van der Waals surface area (Å²) in [5.74, 6) is 1.98. The third-order valence-corrected chi connectivity index (χ3v) is 6.13. The summed E-state index contributed by atoms with van der Waals surface area (Å²) in [6, 6.07) is 7.96. The molecule has 1 aromatic carbocycles. The van der Waals surface area contributed by atoms with Crippen molar-refractivity contribution in [3.8, 4) is 5.75 Å². The average Bonchev–Trinajstić information content (AvgIpc) is 3.07. The summed E-state index contributed by atoms with van der Waals surface area (Å²) in [7, 11) is 3.26. The zero-order valence-electron chi connectivity index (χ0n) is 13.5. The highest BCUT2D eigenvalue weighted by Crippen LogP contribution is 2.30. The highest BCUT2D eigenvalue weighted by Gasteiger charge is 2.08. The van der Waals surface area contributed by atoms with E-state index in [4.69, 9.17) is 9.47 Å². The molecule has 24 heavy (non-hydrogen) atoms. The number of benzene rings is 1. The number of aromatic nitrogens is 2. The number of hydrogen-bond donors (Lipinski definition) is 1. The smallest absolute Gasteiger partial charge is 0.230 e. The van der Waals surface area contributed by atoms with Crippen LogP contribution < -0.4 is 10.1 Å². The number of rotatable bonds is 10. The fourth-order valence-electron chi connectivity index (χ4n) is 1.65. The Bertz CT molecular complexity index is 634. The first kappa shape index (κ1) is 19.0. The molecule has 9 heteroatoms. The number of methoxy groups -OCH3 is 2. The van der Waals surface area contributed by atoms with Crippen molar-refractivity contribution in [1.82, 2.24) is 15.5 Å².